The lowest BCUT2D eigenvalue weighted by molar-refractivity contribution is -0.121. The number of nitrogens with one attached hydrogen (secondary N) is 1. The second kappa shape index (κ2) is 13.5. The number of methoxy groups -OCH3 is 2. The summed E-state index contributed by atoms with van der Waals surface area (Å²) in [6.07, 6.45) is 2.92. The van der Waals surface area contributed by atoms with Gasteiger partial charge in [-0.05, 0) is 55.5 Å². The SMILES string of the molecule is COc1ccc(CCNC(=O)CCCCSc2nnc3c4ccccc4n(Cc4ccc(C)cc4)c3n2)cc1OC. The van der Waals surface area contributed by atoms with Crippen molar-refractivity contribution >= 4 is 39.7 Å². The number of thioether (sulfide) groups is 1. The van der Waals surface area contributed by atoms with E-state index in [1.807, 2.05) is 30.3 Å². The molecule has 0 saturated heterocycles. The maximum absolute atomic E-state index is 12.3. The standard InChI is InChI=1S/C32H35N5O3S/c1-22-11-13-24(14-12-22)21-37-26-9-5-4-8-25(26)30-31(37)34-32(36-35-30)41-19-7-6-10-29(38)33-18-17-23-15-16-27(39-2)28(20-23)40-3/h4-5,8-9,11-16,20H,6-7,10,17-19,21H2,1-3H3,(H,33,38). The number of rotatable bonds is 13. The molecule has 5 rings (SSSR count). The Morgan fingerprint density at radius 2 is 1.71 bits per heavy atom. The minimum atomic E-state index is 0.0652. The highest BCUT2D eigenvalue weighted by molar-refractivity contribution is 7.99. The lowest BCUT2D eigenvalue weighted by Gasteiger charge is -2.10. The molecule has 212 valence electrons. The highest BCUT2D eigenvalue weighted by atomic mass is 32.2. The van der Waals surface area contributed by atoms with Crippen LogP contribution in [-0.2, 0) is 17.8 Å². The summed E-state index contributed by atoms with van der Waals surface area (Å²) in [5.74, 6) is 2.28. The molecular weight excluding hydrogens is 534 g/mol. The molecular formula is C32H35N5O3S. The van der Waals surface area contributed by atoms with Crippen molar-refractivity contribution < 1.29 is 14.3 Å². The molecule has 0 aliphatic heterocycles. The zero-order valence-electron chi connectivity index (χ0n) is 23.7. The van der Waals surface area contributed by atoms with Crippen LogP contribution in [0.1, 0.15) is 36.0 Å². The molecule has 1 amide bonds. The fourth-order valence-electron chi connectivity index (χ4n) is 4.81. The number of aryl methyl sites for hydroxylation is 1. The predicted molar refractivity (Wildman–Crippen MR) is 164 cm³/mol. The van der Waals surface area contributed by atoms with Gasteiger partial charge in [-0.3, -0.25) is 4.79 Å². The fraction of sp³-hybridized carbons (Fsp3) is 0.312. The van der Waals surface area contributed by atoms with Gasteiger partial charge < -0.3 is 19.4 Å². The summed E-state index contributed by atoms with van der Waals surface area (Å²) in [6, 6.07) is 22.7. The van der Waals surface area contributed by atoms with E-state index in [-0.39, 0.29) is 5.91 Å². The maximum atomic E-state index is 12.3. The Morgan fingerprint density at radius 3 is 2.51 bits per heavy atom. The number of para-hydroxylation sites is 1. The minimum Gasteiger partial charge on any atom is -0.493 e. The third-order valence-corrected chi connectivity index (χ3v) is 7.95. The normalized spacial score (nSPS) is 11.2. The Bertz CT molecular complexity index is 1630. The van der Waals surface area contributed by atoms with E-state index in [4.69, 9.17) is 14.5 Å². The molecule has 0 fully saturated rings. The van der Waals surface area contributed by atoms with Crippen LogP contribution < -0.4 is 14.8 Å². The molecule has 0 unspecified atom stereocenters. The number of aromatic nitrogens is 4. The van der Waals surface area contributed by atoms with Crippen LogP contribution in [0.4, 0.5) is 0 Å². The van der Waals surface area contributed by atoms with E-state index in [1.54, 1.807) is 26.0 Å². The maximum Gasteiger partial charge on any atom is 0.220 e. The predicted octanol–water partition coefficient (Wildman–Crippen LogP) is 5.97. The number of benzene rings is 3. The van der Waals surface area contributed by atoms with Crippen molar-refractivity contribution in [3.05, 3.63) is 83.4 Å². The molecule has 3 aromatic carbocycles. The Balaban J connectivity index is 1.12. The van der Waals surface area contributed by atoms with Gasteiger partial charge in [0.25, 0.3) is 0 Å². The first-order valence-electron chi connectivity index (χ1n) is 13.8. The average molecular weight is 570 g/mol. The number of nitrogens with zero attached hydrogens (tertiary/aromatic N) is 4. The van der Waals surface area contributed by atoms with Gasteiger partial charge in [-0.2, -0.15) is 0 Å². The summed E-state index contributed by atoms with van der Waals surface area (Å²) >= 11 is 1.58. The van der Waals surface area contributed by atoms with Crippen LogP contribution in [0.3, 0.4) is 0 Å². The molecule has 2 heterocycles. The number of unbranched alkanes of at least 4 members (excludes halogenated alkanes) is 1. The first kappa shape index (κ1) is 28.4. The lowest BCUT2D eigenvalue weighted by atomic mass is 10.1. The molecule has 0 radical (unpaired) electrons. The Hall–Kier alpha value is -4.11. The average Bonchev–Trinajstić information content (AvgIpc) is 3.30. The quantitative estimate of drug-likeness (QED) is 0.138. The summed E-state index contributed by atoms with van der Waals surface area (Å²) in [6.45, 7) is 3.40. The molecule has 0 atom stereocenters. The van der Waals surface area contributed by atoms with Crippen LogP contribution in [0.5, 0.6) is 11.5 Å². The van der Waals surface area contributed by atoms with Crippen LogP contribution in [0.25, 0.3) is 22.1 Å². The summed E-state index contributed by atoms with van der Waals surface area (Å²) in [4.78, 5) is 17.2. The van der Waals surface area contributed by atoms with E-state index < -0.39 is 0 Å². The van der Waals surface area contributed by atoms with Gasteiger partial charge >= 0.3 is 0 Å². The van der Waals surface area contributed by atoms with Crippen LogP contribution in [0.15, 0.2) is 71.9 Å². The molecule has 41 heavy (non-hydrogen) atoms. The molecule has 0 saturated carbocycles. The highest BCUT2D eigenvalue weighted by Crippen LogP contribution is 2.29. The van der Waals surface area contributed by atoms with Gasteiger partial charge in [-0.25, -0.2) is 4.98 Å². The van der Waals surface area contributed by atoms with Crippen LogP contribution in [0.2, 0.25) is 0 Å². The van der Waals surface area contributed by atoms with Gasteiger partial charge in [0.05, 0.1) is 19.7 Å². The van der Waals surface area contributed by atoms with E-state index in [0.29, 0.717) is 36.2 Å². The summed E-state index contributed by atoms with van der Waals surface area (Å²) < 4.78 is 12.9. The summed E-state index contributed by atoms with van der Waals surface area (Å²) in [5, 5.41) is 13.7. The highest BCUT2D eigenvalue weighted by Gasteiger charge is 2.15. The molecule has 5 aromatic rings. The molecule has 8 nitrogen and oxygen atoms in total. The zero-order valence-corrected chi connectivity index (χ0v) is 24.5. The third kappa shape index (κ3) is 6.97. The van der Waals surface area contributed by atoms with E-state index in [0.717, 1.165) is 52.6 Å². The van der Waals surface area contributed by atoms with Gasteiger partial charge in [0.2, 0.25) is 11.1 Å². The van der Waals surface area contributed by atoms with Gasteiger partial charge in [0.1, 0.15) is 5.52 Å². The lowest BCUT2D eigenvalue weighted by Crippen LogP contribution is -2.25. The smallest absolute Gasteiger partial charge is 0.220 e. The Kier molecular flexibility index (Phi) is 9.36. The number of ether oxygens (including phenoxy) is 2. The zero-order chi connectivity index (χ0) is 28.6. The topological polar surface area (TPSA) is 91.2 Å². The fourth-order valence-corrected chi connectivity index (χ4v) is 5.59. The van der Waals surface area contributed by atoms with E-state index in [9.17, 15) is 4.79 Å². The first-order chi connectivity index (χ1) is 20.1. The largest absolute Gasteiger partial charge is 0.493 e. The molecule has 9 heteroatoms. The molecule has 1 N–H and O–H groups in total. The number of hydrogen-bond donors (Lipinski definition) is 1. The molecule has 0 aliphatic rings. The molecule has 0 spiro atoms. The van der Waals surface area contributed by atoms with E-state index in [1.165, 1.54) is 11.1 Å². The van der Waals surface area contributed by atoms with Crippen molar-refractivity contribution in [2.45, 2.75) is 44.3 Å². The van der Waals surface area contributed by atoms with Gasteiger partial charge in [0.15, 0.2) is 17.1 Å². The molecule has 2 aromatic heterocycles. The molecule has 0 aliphatic carbocycles. The van der Waals surface area contributed by atoms with Crippen LogP contribution in [0, 0.1) is 6.92 Å². The van der Waals surface area contributed by atoms with Crippen molar-refractivity contribution in [2.24, 2.45) is 0 Å². The Morgan fingerprint density at radius 1 is 0.927 bits per heavy atom. The third-order valence-electron chi connectivity index (χ3n) is 7.03. The van der Waals surface area contributed by atoms with Crippen molar-refractivity contribution in [1.29, 1.82) is 0 Å². The van der Waals surface area contributed by atoms with Crippen molar-refractivity contribution in [1.82, 2.24) is 25.1 Å². The van der Waals surface area contributed by atoms with Crippen molar-refractivity contribution in [3.63, 3.8) is 0 Å². The van der Waals surface area contributed by atoms with Gasteiger partial charge in [-0.1, -0.05) is 65.9 Å². The second-order valence-electron chi connectivity index (χ2n) is 9.95. The Labute approximate surface area is 244 Å². The number of hydrogen-bond acceptors (Lipinski definition) is 7. The number of amides is 1. The van der Waals surface area contributed by atoms with Crippen molar-refractivity contribution in [2.75, 3.05) is 26.5 Å². The van der Waals surface area contributed by atoms with E-state index >= 15 is 0 Å². The molecule has 0 bridgehead atoms. The van der Waals surface area contributed by atoms with Crippen molar-refractivity contribution in [3.8, 4) is 11.5 Å². The van der Waals surface area contributed by atoms with Gasteiger partial charge in [0, 0.05) is 30.6 Å². The summed E-state index contributed by atoms with van der Waals surface area (Å²) in [5.41, 5.74) is 6.31. The van der Waals surface area contributed by atoms with Crippen LogP contribution in [-0.4, -0.2) is 52.2 Å². The summed E-state index contributed by atoms with van der Waals surface area (Å²) in [7, 11) is 3.24. The number of carbonyl (C=O) groups excluding carboxylic acids is 1. The van der Waals surface area contributed by atoms with E-state index in [2.05, 4.69) is 63.4 Å². The number of carbonyl (C=O) groups is 1. The van der Waals surface area contributed by atoms with Crippen LogP contribution >= 0.6 is 11.8 Å². The van der Waals surface area contributed by atoms with Gasteiger partial charge in [-0.15, -0.1) is 10.2 Å². The number of fused-ring (bicyclic) bond motifs is 3. The monoisotopic (exact) mass is 569 g/mol. The minimum absolute atomic E-state index is 0.0652. The first-order valence-corrected chi connectivity index (χ1v) is 14.8. The second-order valence-corrected chi connectivity index (χ2v) is 11.0.